The molecule has 26 heavy (non-hydrogen) atoms. The first-order valence-electron chi connectivity index (χ1n) is 9.99. The number of hydrogen-bond acceptors (Lipinski definition) is 3. The van der Waals surface area contributed by atoms with Gasteiger partial charge in [0.1, 0.15) is 6.54 Å². The number of likely N-dealkylation sites (N-methyl/N-ethyl adjacent to an activating group) is 1. The fourth-order valence-electron chi connectivity index (χ4n) is 3.48. The minimum Gasteiger partial charge on any atom is -0.378 e. The molecular formula is C19H37IN4O2. The second-order valence-electron chi connectivity index (χ2n) is 7.54. The maximum Gasteiger partial charge on any atom is 0.243 e. The minimum atomic E-state index is 0. The lowest BCUT2D eigenvalue weighted by Crippen LogP contribution is -2.42. The Morgan fingerprint density at radius 2 is 1.81 bits per heavy atom. The second kappa shape index (κ2) is 13.6. The van der Waals surface area contributed by atoms with Gasteiger partial charge in [0.15, 0.2) is 5.96 Å². The number of guanidine groups is 1. The number of halogens is 1. The zero-order valence-electron chi connectivity index (χ0n) is 16.5. The summed E-state index contributed by atoms with van der Waals surface area (Å²) in [6, 6.07) is 0. The largest absolute Gasteiger partial charge is 0.378 e. The number of hydrogen-bond donors (Lipinski definition) is 2. The normalized spacial score (nSPS) is 21.6. The van der Waals surface area contributed by atoms with Crippen LogP contribution in [0.15, 0.2) is 4.99 Å². The molecule has 1 unspecified atom stereocenters. The maximum absolute atomic E-state index is 11.8. The third-order valence-electron chi connectivity index (χ3n) is 5.19. The van der Waals surface area contributed by atoms with Crippen LogP contribution in [0.1, 0.15) is 57.8 Å². The smallest absolute Gasteiger partial charge is 0.243 e. The topological polar surface area (TPSA) is 66.0 Å². The first kappa shape index (κ1) is 23.5. The molecule has 2 aliphatic rings. The molecule has 2 rings (SSSR count). The highest BCUT2D eigenvalue weighted by atomic mass is 127. The van der Waals surface area contributed by atoms with Gasteiger partial charge in [0.25, 0.3) is 0 Å². The van der Waals surface area contributed by atoms with Crippen LogP contribution in [-0.4, -0.2) is 63.2 Å². The fraction of sp³-hybridized carbons (Fsp3) is 0.895. The monoisotopic (exact) mass is 480 g/mol. The van der Waals surface area contributed by atoms with Crippen LogP contribution >= 0.6 is 24.0 Å². The Labute approximate surface area is 175 Å². The van der Waals surface area contributed by atoms with Crippen LogP contribution in [0.25, 0.3) is 0 Å². The van der Waals surface area contributed by atoms with Crippen LogP contribution in [0, 0.1) is 5.92 Å². The van der Waals surface area contributed by atoms with Crippen LogP contribution in [-0.2, 0) is 9.53 Å². The van der Waals surface area contributed by atoms with E-state index in [1.165, 1.54) is 44.9 Å². The predicted molar refractivity (Wildman–Crippen MR) is 117 cm³/mol. The zero-order valence-corrected chi connectivity index (χ0v) is 18.8. The summed E-state index contributed by atoms with van der Waals surface area (Å²) in [4.78, 5) is 17.9. The molecule has 0 radical (unpaired) electrons. The van der Waals surface area contributed by atoms with Crippen molar-refractivity contribution in [2.45, 2.75) is 63.9 Å². The summed E-state index contributed by atoms with van der Waals surface area (Å²) in [5.74, 6) is 1.51. The van der Waals surface area contributed by atoms with E-state index in [1.807, 2.05) is 0 Å². The number of carbonyl (C=O) groups excluding carboxylic acids is 1. The molecule has 1 heterocycles. The van der Waals surface area contributed by atoms with Gasteiger partial charge in [0, 0.05) is 33.8 Å². The molecule has 2 fully saturated rings. The van der Waals surface area contributed by atoms with Gasteiger partial charge in [0.05, 0.1) is 6.10 Å². The van der Waals surface area contributed by atoms with Crippen LogP contribution in [0.3, 0.4) is 0 Å². The lowest BCUT2D eigenvalue weighted by molar-refractivity contribution is -0.127. The molecule has 2 N–H and O–H groups in total. The molecule has 6 nitrogen and oxygen atoms in total. The van der Waals surface area contributed by atoms with E-state index in [2.05, 4.69) is 15.6 Å². The van der Waals surface area contributed by atoms with Crippen molar-refractivity contribution in [3.63, 3.8) is 0 Å². The Kier molecular flexibility index (Phi) is 12.3. The lowest BCUT2D eigenvalue weighted by atomic mass is 9.89. The number of aliphatic imine (C=N–C) groups is 1. The van der Waals surface area contributed by atoms with Crippen molar-refractivity contribution in [3.05, 3.63) is 0 Å². The summed E-state index contributed by atoms with van der Waals surface area (Å²) in [5.41, 5.74) is 0. The van der Waals surface area contributed by atoms with Gasteiger partial charge in [-0.3, -0.25) is 4.79 Å². The molecule has 1 saturated heterocycles. The molecule has 0 aromatic heterocycles. The van der Waals surface area contributed by atoms with E-state index in [-0.39, 0.29) is 36.4 Å². The van der Waals surface area contributed by atoms with Gasteiger partial charge in [-0.15, -0.1) is 24.0 Å². The Morgan fingerprint density at radius 3 is 2.46 bits per heavy atom. The number of nitrogens with zero attached hydrogens (tertiary/aromatic N) is 2. The van der Waals surface area contributed by atoms with Gasteiger partial charge >= 0.3 is 0 Å². The van der Waals surface area contributed by atoms with Crippen LogP contribution in [0.2, 0.25) is 0 Å². The summed E-state index contributed by atoms with van der Waals surface area (Å²) in [5, 5.41) is 6.84. The molecule has 0 spiro atoms. The summed E-state index contributed by atoms with van der Waals surface area (Å²) >= 11 is 0. The van der Waals surface area contributed by atoms with Crippen LogP contribution in [0.4, 0.5) is 0 Å². The second-order valence-corrected chi connectivity index (χ2v) is 7.54. The molecule has 0 bridgehead atoms. The molecule has 1 atom stereocenters. The molecule has 1 aliphatic heterocycles. The Hall–Kier alpha value is -0.570. The van der Waals surface area contributed by atoms with Gasteiger partial charge in [-0.05, 0) is 44.4 Å². The zero-order chi connectivity index (χ0) is 17.9. The Balaban J connectivity index is 0.00000338. The lowest BCUT2D eigenvalue weighted by Gasteiger charge is -2.24. The van der Waals surface area contributed by atoms with Gasteiger partial charge in [-0.1, -0.05) is 19.3 Å². The summed E-state index contributed by atoms with van der Waals surface area (Å²) < 4.78 is 5.78. The summed E-state index contributed by atoms with van der Waals surface area (Å²) in [7, 11) is 3.53. The molecule has 0 aromatic carbocycles. The highest BCUT2D eigenvalue weighted by Crippen LogP contribution is 2.22. The predicted octanol–water partition coefficient (Wildman–Crippen LogP) is 2.77. The standard InChI is InChI=1S/C19H36N4O2.HI/c1-23(2)18(24)15-22-19(21-14-16-8-4-3-5-9-16)20-12-11-17-10-6-7-13-25-17;/h16-17H,3-15H2,1-2H3,(H2,20,21,22);1H. The SMILES string of the molecule is CN(C)C(=O)CN=C(NCCC1CCCCO1)NCC1CCCCC1.I. The first-order valence-corrected chi connectivity index (χ1v) is 9.99. The third kappa shape index (κ3) is 9.39. The quantitative estimate of drug-likeness (QED) is 0.334. The maximum atomic E-state index is 11.8. The number of carbonyl (C=O) groups is 1. The van der Waals surface area contributed by atoms with E-state index < -0.39 is 0 Å². The molecular weight excluding hydrogens is 443 g/mol. The van der Waals surface area contributed by atoms with Gasteiger partial charge in [-0.25, -0.2) is 4.99 Å². The first-order chi connectivity index (χ1) is 12.1. The van der Waals surface area contributed by atoms with Gasteiger partial charge < -0.3 is 20.3 Å². The third-order valence-corrected chi connectivity index (χ3v) is 5.19. The van der Waals surface area contributed by atoms with Crippen molar-refractivity contribution < 1.29 is 9.53 Å². The highest BCUT2D eigenvalue weighted by Gasteiger charge is 2.15. The van der Waals surface area contributed by atoms with E-state index in [9.17, 15) is 4.79 Å². The van der Waals surface area contributed by atoms with Crippen molar-refractivity contribution in [1.29, 1.82) is 0 Å². The summed E-state index contributed by atoms with van der Waals surface area (Å²) in [6.45, 7) is 2.86. The molecule has 0 aromatic rings. The van der Waals surface area contributed by atoms with Crippen molar-refractivity contribution >= 4 is 35.8 Å². The number of nitrogens with one attached hydrogen (secondary N) is 2. The van der Waals surface area contributed by atoms with Crippen molar-refractivity contribution in [3.8, 4) is 0 Å². The van der Waals surface area contributed by atoms with E-state index in [4.69, 9.17) is 4.74 Å². The van der Waals surface area contributed by atoms with Crippen LogP contribution < -0.4 is 10.6 Å². The Morgan fingerprint density at radius 1 is 1.08 bits per heavy atom. The number of amides is 1. The molecule has 7 heteroatoms. The van der Waals surface area contributed by atoms with Gasteiger partial charge in [0.2, 0.25) is 5.91 Å². The average Bonchev–Trinajstić information content (AvgIpc) is 2.64. The molecule has 152 valence electrons. The molecule has 1 saturated carbocycles. The van der Waals surface area contributed by atoms with E-state index >= 15 is 0 Å². The van der Waals surface area contributed by atoms with Gasteiger partial charge in [-0.2, -0.15) is 0 Å². The Bertz CT molecular complexity index is 420. The minimum absolute atomic E-state index is 0. The number of ether oxygens (including phenoxy) is 1. The highest BCUT2D eigenvalue weighted by molar-refractivity contribution is 14.0. The van der Waals surface area contributed by atoms with E-state index in [0.29, 0.717) is 6.10 Å². The van der Waals surface area contributed by atoms with E-state index in [1.54, 1.807) is 19.0 Å². The number of rotatable bonds is 7. The fourth-order valence-corrected chi connectivity index (χ4v) is 3.48. The van der Waals surface area contributed by atoms with Crippen molar-refractivity contribution in [2.75, 3.05) is 40.3 Å². The van der Waals surface area contributed by atoms with Crippen molar-refractivity contribution in [1.82, 2.24) is 15.5 Å². The summed E-state index contributed by atoms with van der Waals surface area (Å²) in [6.07, 6.45) is 11.6. The molecule has 1 aliphatic carbocycles. The van der Waals surface area contributed by atoms with E-state index in [0.717, 1.165) is 44.4 Å². The molecule has 1 amide bonds. The van der Waals surface area contributed by atoms with Crippen LogP contribution in [0.5, 0.6) is 0 Å². The average molecular weight is 480 g/mol. The van der Waals surface area contributed by atoms with Crippen molar-refractivity contribution in [2.24, 2.45) is 10.9 Å².